The van der Waals surface area contributed by atoms with Gasteiger partial charge in [-0.3, -0.25) is 10.1 Å². The molecular formula is C14H10Cl3F4N3O2S. The molecular weight excluding hydrogens is 457 g/mol. The highest BCUT2D eigenvalue weighted by atomic mass is 35.5. The topological polar surface area (TPSA) is 67.9 Å². The van der Waals surface area contributed by atoms with E-state index >= 15 is 0 Å². The van der Waals surface area contributed by atoms with Gasteiger partial charge in [0.1, 0.15) is 0 Å². The van der Waals surface area contributed by atoms with E-state index in [4.69, 9.17) is 39.5 Å². The first-order valence-electron chi connectivity index (χ1n) is 7.08. The van der Waals surface area contributed by atoms with Gasteiger partial charge in [0.2, 0.25) is 0 Å². The van der Waals surface area contributed by atoms with E-state index in [1.807, 2.05) is 0 Å². The number of carbonyl (C=O) groups excluding carboxylic acids is 1. The maximum atomic E-state index is 14.2. The Morgan fingerprint density at radius 1 is 1.26 bits per heavy atom. The molecule has 0 fully saturated rings. The minimum Gasteiger partial charge on any atom is -0.464 e. The van der Waals surface area contributed by atoms with Gasteiger partial charge >= 0.3 is 16.1 Å². The average molecular weight is 467 g/mol. The van der Waals surface area contributed by atoms with Crippen LogP contribution in [0.4, 0.5) is 17.6 Å². The van der Waals surface area contributed by atoms with Crippen molar-refractivity contribution in [3.8, 4) is 0 Å². The predicted octanol–water partition coefficient (Wildman–Crippen LogP) is 5.08. The number of alkyl halides is 6. The molecule has 0 aliphatic rings. The molecule has 2 aromatic rings. The summed E-state index contributed by atoms with van der Waals surface area (Å²) in [6.07, 6.45) is -1.95. The molecule has 0 radical (unpaired) electrons. The van der Waals surface area contributed by atoms with Gasteiger partial charge in [-0.25, -0.2) is 4.79 Å². The van der Waals surface area contributed by atoms with E-state index in [9.17, 15) is 22.4 Å². The number of hydrogen-bond donors (Lipinski definition) is 1. The number of aromatic nitrogens is 3. The van der Waals surface area contributed by atoms with Gasteiger partial charge in [-0.15, -0.1) is 0 Å². The van der Waals surface area contributed by atoms with Crippen LogP contribution >= 0.6 is 46.6 Å². The largest absolute Gasteiger partial charge is 0.464 e. The molecule has 1 N–H and O–H groups in total. The van der Waals surface area contributed by atoms with Crippen molar-refractivity contribution >= 4 is 52.5 Å². The van der Waals surface area contributed by atoms with Gasteiger partial charge in [0.15, 0.2) is 4.75 Å². The van der Waals surface area contributed by atoms with Crippen LogP contribution in [0.1, 0.15) is 23.7 Å². The normalized spacial score (nSPS) is 14.7. The zero-order chi connectivity index (χ0) is 20.5. The van der Waals surface area contributed by atoms with E-state index in [1.54, 1.807) is 0 Å². The van der Waals surface area contributed by atoms with Gasteiger partial charge in [-0.2, -0.15) is 22.7 Å². The minimum absolute atomic E-state index is 0.0246. The van der Waals surface area contributed by atoms with Crippen LogP contribution in [0, 0.1) is 0 Å². The van der Waals surface area contributed by atoms with Crippen molar-refractivity contribution in [2.75, 3.05) is 6.61 Å². The fourth-order valence-electron chi connectivity index (χ4n) is 2.20. The molecule has 0 saturated heterocycles. The lowest BCUT2D eigenvalue weighted by Gasteiger charge is -2.32. The second-order valence-corrected chi connectivity index (χ2v) is 8.46. The van der Waals surface area contributed by atoms with Crippen LogP contribution in [0.25, 0.3) is 0 Å². The molecule has 0 spiro atoms. The lowest BCUT2D eigenvalue weighted by molar-refractivity contribution is -0.145. The first-order valence-corrected chi connectivity index (χ1v) is 9.03. The number of aromatic amines is 1. The number of rotatable bonds is 6. The number of hydrogen-bond acceptors (Lipinski definition) is 5. The van der Waals surface area contributed by atoms with E-state index in [2.05, 4.69) is 15.2 Å². The van der Waals surface area contributed by atoms with Gasteiger partial charge in [0, 0.05) is 18.0 Å². The summed E-state index contributed by atoms with van der Waals surface area (Å²) in [6.45, 7) is 1.36. The summed E-state index contributed by atoms with van der Waals surface area (Å²) in [5, 5.41) is 5.51. The average Bonchev–Trinajstić information content (AvgIpc) is 3.06. The van der Waals surface area contributed by atoms with Crippen molar-refractivity contribution < 1.29 is 27.1 Å². The summed E-state index contributed by atoms with van der Waals surface area (Å²) in [5.74, 6) is -1.09. The maximum Gasteiger partial charge on any atom is 0.417 e. The first kappa shape index (κ1) is 22.1. The fraction of sp³-hybridized carbons (Fsp3) is 0.357. The summed E-state index contributed by atoms with van der Waals surface area (Å²) in [6, 6.07) is 0.556. The Bertz CT molecular complexity index is 815. The van der Waals surface area contributed by atoms with Crippen molar-refractivity contribution in [2.24, 2.45) is 0 Å². The molecule has 0 bridgehead atoms. The van der Waals surface area contributed by atoms with Gasteiger partial charge in [0.05, 0.1) is 29.1 Å². The molecule has 0 saturated carbocycles. The summed E-state index contributed by atoms with van der Waals surface area (Å²) in [4.78, 5) is 16.4. The molecule has 0 aliphatic heterocycles. The third-order valence-corrected chi connectivity index (χ3v) is 5.12. The lowest BCUT2D eigenvalue weighted by atomic mass is 9.96. The molecule has 13 heteroatoms. The summed E-state index contributed by atoms with van der Waals surface area (Å²) in [7, 11) is 0. The highest BCUT2D eigenvalue weighted by Crippen LogP contribution is 2.54. The van der Waals surface area contributed by atoms with E-state index in [0.717, 1.165) is 6.20 Å². The van der Waals surface area contributed by atoms with Crippen LogP contribution in [-0.2, 0) is 20.5 Å². The Morgan fingerprint density at radius 2 is 1.93 bits per heavy atom. The molecule has 2 heterocycles. The molecule has 2 rings (SSSR count). The number of thioether (sulfide) groups is 1. The Labute approximate surface area is 169 Å². The second kappa shape index (κ2) is 8.02. The zero-order valence-electron chi connectivity index (χ0n) is 13.3. The van der Waals surface area contributed by atoms with Crippen LogP contribution in [0.5, 0.6) is 0 Å². The van der Waals surface area contributed by atoms with Crippen molar-refractivity contribution in [2.45, 2.75) is 21.8 Å². The Morgan fingerprint density at radius 3 is 2.37 bits per heavy atom. The Kier molecular flexibility index (Phi) is 6.55. The molecule has 0 aromatic carbocycles. The molecule has 2 aromatic heterocycles. The van der Waals surface area contributed by atoms with Crippen LogP contribution in [0.2, 0.25) is 5.02 Å². The number of esters is 1. The second-order valence-electron chi connectivity index (χ2n) is 4.99. The van der Waals surface area contributed by atoms with Crippen molar-refractivity contribution in [1.82, 2.24) is 15.2 Å². The summed E-state index contributed by atoms with van der Waals surface area (Å²) in [5.41, 5.74) is -1.62. The smallest absolute Gasteiger partial charge is 0.417 e. The zero-order valence-corrected chi connectivity index (χ0v) is 16.4. The molecule has 0 aliphatic carbocycles. The molecule has 148 valence electrons. The SMILES string of the molecule is CCOC(=O)C(SC(F)(Cl)Cl)(c1cn[nH]c1)c1ncc(C(F)(F)F)cc1Cl. The molecule has 5 nitrogen and oxygen atoms in total. The number of carbonyl (C=O) groups is 1. The number of halogens is 7. The molecule has 1 atom stereocenters. The third-order valence-electron chi connectivity index (χ3n) is 3.24. The number of H-pyrrole nitrogens is 1. The van der Waals surface area contributed by atoms with E-state index < -0.39 is 37.1 Å². The number of nitrogens with one attached hydrogen (secondary N) is 1. The quantitative estimate of drug-likeness (QED) is 0.365. The van der Waals surface area contributed by atoms with Crippen molar-refractivity contribution in [1.29, 1.82) is 0 Å². The van der Waals surface area contributed by atoms with Crippen LogP contribution < -0.4 is 0 Å². The van der Waals surface area contributed by atoms with Crippen LogP contribution in [0.15, 0.2) is 24.7 Å². The third kappa shape index (κ3) is 4.79. The number of pyridine rings is 1. The van der Waals surface area contributed by atoms with Gasteiger partial charge in [-0.1, -0.05) is 46.6 Å². The maximum absolute atomic E-state index is 14.2. The molecule has 27 heavy (non-hydrogen) atoms. The molecule has 0 amide bonds. The highest BCUT2D eigenvalue weighted by molar-refractivity contribution is 8.04. The van der Waals surface area contributed by atoms with Gasteiger partial charge < -0.3 is 4.74 Å². The van der Waals surface area contributed by atoms with Gasteiger partial charge in [0.25, 0.3) is 0 Å². The predicted molar refractivity (Wildman–Crippen MR) is 93.4 cm³/mol. The van der Waals surface area contributed by atoms with E-state index in [1.165, 1.54) is 13.1 Å². The van der Waals surface area contributed by atoms with Gasteiger partial charge in [-0.05, 0) is 13.0 Å². The van der Waals surface area contributed by atoms with Crippen LogP contribution in [0.3, 0.4) is 0 Å². The minimum atomic E-state index is -4.73. The standard InChI is InChI=1S/C14H10Cl3F4N3O2S/c1-2-26-11(25)12(27-14(16,17)21,8-5-23-24-6-8)10-9(15)3-7(4-22-10)13(18,19)20/h3-6H,2H2,1H3,(H,23,24). The number of nitrogens with zero attached hydrogens (tertiary/aromatic N) is 2. The first-order chi connectivity index (χ1) is 12.4. The lowest BCUT2D eigenvalue weighted by Crippen LogP contribution is -2.39. The summed E-state index contributed by atoms with van der Waals surface area (Å²) >= 11 is 16.9. The molecule has 1 unspecified atom stereocenters. The number of ether oxygens (including phenoxy) is 1. The highest BCUT2D eigenvalue weighted by Gasteiger charge is 2.53. The van der Waals surface area contributed by atoms with E-state index in [0.29, 0.717) is 12.3 Å². The van der Waals surface area contributed by atoms with Crippen molar-refractivity contribution in [3.63, 3.8) is 0 Å². The van der Waals surface area contributed by atoms with Crippen molar-refractivity contribution in [3.05, 3.63) is 46.5 Å². The fourth-order valence-corrected chi connectivity index (χ4v) is 4.24. The Hall–Kier alpha value is -1.23. The Balaban J connectivity index is 2.77. The van der Waals surface area contributed by atoms with Crippen LogP contribution in [-0.4, -0.2) is 31.7 Å². The monoisotopic (exact) mass is 465 g/mol. The van der Waals surface area contributed by atoms with E-state index in [-0.39, 0.29) is 23.9 Å². The summed E-state index contributed by atoms with van der Waals surface area (Å²) < 4.78 is 52.6.